The highest BCUT2D eigenvalue weighted by Gasteiger charge is 2.30. The fourth-order valence-corrected chi connectivity index (χ4v) is 2.75. The zero-order chi connectivity index (χ0) is 18.8. The molecule has 7 nitrogen and oxygen atoms in total. The van der Waals surface area contributed by atoms with E-state index in [0.717, 1.165) is 11.1 Å². The van der Waals surface area contributed by atoms with E-state index in [1.807, 2.05) is 19.1 Å². The largest absolute Gasteiger partial charge is 0.360 e. The van der Waals surface area contributed by atoms with Crippen LogP contribution in [0.25, 0.3) is 10.9 Å². The average molecular weight is 347 g/mol. The number of nitrogens with one attached hydrogen (secondary N) is 1. The van der Waals surface area contributed by atoms with Crippen LogP contribution in [0.3, 0.4) is 0 Å². The molecule has 3 aromatic rings. The fourth-order valence-electron chi connectivity index (χ4n) is 2.75. The molecule has 1 aromatic heterocycles. The van der Waals surface area contributed by atoms with Gasteiger partial charge in [0.1, 0.15) is 0 Å². The van der Waals surface area contributed by atoms with Crippen molar-refractivity contribution < 1.29 is 14.5 Å². The molecule has 3 rings (SSSR count). The molecular weight excluding hydrogens is 334 g/mol. The Morgan fingerprint density at radius 1 is 1.15 bits per heavy atom. The topological polar surface area (TPSA) is 117 Å². The normalized spacial score (nSPS) is 11.7. The second-order valence-corrected chi connectivity index (χ2v) is 5.85. The SMILES string of the molecule is Cc1ccc2c(C(=O)C(C#N)C(=O)c3ccc([N+](=O)[O-])cc3)c[nH]c2c1. The molecule has 1 atom stereocenters. The Morgan fingerprint density at radius 2 is 1.85 bits per heavy atom. The van der Waals surface area contributed by atoms with E-state index in [1.165, 1.54) is 30.5 Å². The molecule has 1 heterocycles. The summed E-state index contributed by atoms with van der Waals surface area (Å²) in [5.41, 5.74) is 1.92. The number of nitriles is 1. The van der Waals surface area contributed by atoms with Gasteiger partial charge >= 0.3 is 0 Å². The van der Waals surface area contributed by atoms with Crippen molar-refractivity contribution >= 4 is 28.2 Å². The molecule has 0 aliphatic heterocycles. The van der Waals surface area contributed by atoms with Crippen molar-refractivity contribution in [2.75, 3.05) is 0 Å². The first kappa shape index (κ1) is 17.0. The summed E-state index contributed by atoms with van der Waals surface area (Å²) in [7, 11) is 0. The molecule has 0 aliphatic rings. The van der Waals surface area contributed by atoms with Crippen molar-refractivity contribution in [3.8, 4) is 6.07 Å². The average Bonchev–Trinajstić information content (AvgIpc) is 3.05. The van der Waals surface area contributed by atoms with E-state index in [0.29, 0.717) is 5.39 Å². The summed E-state index contributed by atoms with van der Waals surface area (Å²) in [6, 6.07) is 12.1. The van der Waals surface area contributed by atoms with Gasteiger partial charge in [0.2, 0.25) is 0 Å². The monoisotopic (exact) mass is 347 g/mol. The van der Waals surface area contributed by atoms with Crippen molar-refractivity contribution in [3.05, 3.63) is 75.5 Å². The molecule has 0 saturated heterocycles. The Balaban J connectivity index is 1.94. The molecule has 0 bridgehead atoms. The predicted molar refractivity (Wildman–Crippen MR) is 93.9 cm³/mol. The van der Waals surface area contributed by atoms with Gasteiger partial charge in [-0.3, -0.25) is 19.7 Å². The highest BCUT2D eigenvalue weighted by Crippen LogP contribution is 2.24. The number of aryl methyl sites for hydroxylation is 1. The number of hydrogen-bond acceptors (Lipinski definition) is 5. The smallest absolute Gasteiger partial charge is 0.269 e. The van der Waals surface area contributed by atoms with Crippen molar-refractivity contribution in [2.24, 2.45) is 5.92 Å². The number of Topliss-reactive ketones (excluding diaryl/α,β-unsaturated/α-hetero) is 2. The van der Waals surface area contributed by atoms with Gasteiger partial charge < -0.3 is 4.98 Å². The summed E-state index contributed by atoms with van der Waals surface area (Å²) >= 11 is 0. The highest BCUT2D eigenvalue weighted by molar-refractivity contribution is 6.21. The number of carbonyl (C=O) groups is 2. The Hall–Kier alpha value is -3.79. The van der Waals surface area contributed by atoms with Crippen LogP contribution in [0.2, 0.25) is 0 Å². The van der Waals surface area contributed by atoms with Crippen molar-refractivity contribution in [1.82, 2.24) is 4.98 Å². The zero-order valence-electron chi connectivity index (χ0n) is 13.7. The third-order valence-electron chi connectivity index (χ3n) is 4.12. The number of nitro benzene ring substituents is 1. The lowest BCUT2D eigenvalue weighted by molar-refractivity contribution is -0.384. The minimum atomic E-state index is -1.52. The predicted octanol–water partition coefficient (Wildman–Crippen LogP) is 3.59. The molecule has 1 N–H and O–H groups in total. The molecule has 2 aromatic carbocycles. The molecule has 0 radical (unpaired) electrons. The summed E-state index contributed by atoms with van der Waals surface area (Å²) < 4.78 is 0. The minimum Gasteiger partial charge on any atom is -0.360 e. The number of hydrogen-bond donors (Lipinski definition) is 1. The Morgan fingerprint density at radius 3 is 2.46 bits per heavy atom. The van der Waals surface area contributed by atoms with Crippen LogP contribution in [0, 0.1) is 34.3 Å². The van der Waals surface area contributed by atoms with Gasteiger partial charge in [-0.15, -0.1) is 0 Å². The van der Waals surface area contributed by atoms with Gasteiger partial charge in [0.05, 0.1) is 11.0 Å². The van der Waals surface area contributed by atoms with Gasteiger partial charge in [-0.2, -0.15) is 5.26 Å². The molecule has 0 fully saturated rings. The summed E-state index contributed by atoms with van der Waals surface area (Å²) in [5.74, 6) is -2.81. The molecule has 26 heavy (non-hydrogen) atoms. The van der Waals surface area contributed by atoms with Crippen molar-refractivity contribution in [1.29, 1.82) is 5.26 Å². The number of non-ortho nitro benzene ring substituents is 1. The highest BCUT2D eigenvalue weighted by atomic mass is 16.6. The van der Waals surface area contributed by atoms with Crippen LogP contribution < -0.4 is 0 Å². The van der Waals surface area contributed by atoms with Gasteiger partial charge in [0.15, 0.2) is 17.5 Å². The first-order valence-electron chi connectivity index (χ1n) is 7.72. The first-order valence-corrected chi connectivity index (χ1v) is 7.72. The number of benzene rings is 2. The summed E-state index contributed by atoms with van der Waals surface area (Å²) in [6.07, 6.45) is 1.49. The lowest BCUT2D eigenvalue weighted by Crippen LogP contribution is -2.22. The summed E-state index contributed by atoms with van der Waals surface area (Å²) in [5, 5.41) is 20.7. The maximum Gasteiger partial charge on any atom is 0.269 e. The Bertz CT molecular complexity index is 1070. The molecule has 1 unspecified atom stereocenters. The number of nitrogens with zero attached hydrogens (tertiary/aromatic N) is 2. The van der Waals surface area contributed by atoms with Crippen molar-refractivity contribution in [2.45, 2.75) is 6.92 Å². The number of ketones is 2. The van der Waals surface area contributed by atoms with Gasteiger partial charge in [0, 0.05) is 40.4 Å². The van der Waals surface area contributed by atoms with Gasteiger partial charge in [-0.1, -0.05) is 12.1 Å². The Kier molecular flexibility index (Phi) is 4.33. The fraction of sp³-hybridized carbons (Fsp3) is 0.105. The zero-order valence-corrected chi connectivity index (χ0v) is 13.7. The maximum absolute atomic E-state index is 12.8. The summed E-state index contributed by atoms with van der Waals surface area (Å²) in [4.78, 5) is 38.4. The molecule has 0 amide bonds. The molecule has 0 aliphatic carbocycles. The number of rotatable bonds is 5. The van der Waals surface area contributed by atoms with E-state index in [1.54, 1.807) is 12.1 Å². The lowest BCUT2D eigenvalue weighted by atomic mass is 9.91. The number of nitro groups is 1. The number of carbonyl (C=O) groups excluding carboxylic acids is 2. The second-order valence-electron chi connectivity index (χ2n) is 5.85. The van der Waals surface area contributed by atoms with Crippen LogP contribution >= 0.6 is 0 Å². The van der Waals surface area contributed by atoms with Gasteiger partial charge in [0.25, 0.3) is 5.69 Å². The van der Waals surface area contributed by atoms with Crippen molar-refractivity contribution in [3.63, 3.8) is 0 Å². The van der Waals surface area contributed by atoms with Crippen LogP contribution in [-0.4, -0.2) is 21.5 Å². The van der Waals surface area contributed by atoms with E-state index >= 15 is 0 Å². The van der Waals surface area contributed by atoms with E-state index in [9.17, 15) is 25.0 Å². The number of H-pyrrole nitrogens is 1. The molecule has 7 heteroatoms. The number of aromatic amines is 1. The van der Waals surface area contributed by atoms with Crippen LogP contribution in [0.4, 0.5) is 5.69 Å². The number of fused-ring (bicyclic) bond motifs is 1. The quantitative estimate of drug-likeness (QED) is 0.327. The Labute approximate surface area is 148 Å². The molecule has 0 saturated carbocycles. The summed E-state index contributed by atoms with van der Waals surface area (Å²) in [6.45, 7) is 1.91. The number of aromatic nitrogens is 1. The van der Waals surface area contributed by atoms with Gasteiger partial charge in [-0.05, 0) is 30.7 Å². The van der Waals surface area contributed by atoms with Crippen LogP contribution in [0.5, 0.6) is 0 Å². The van der Waals surface area contributed by atoms with Crippen LogP contribution in [0.15, 0.2) is 48.7 Å². The first-order chi connectivity index (χ1) is 12.4. The lowest BCUT2D eigenvalue weighted by Gasteiger charge is -2.07. The van der Waals surface area contributed by atoms with Crippen LogP contribution in [-0.2, 0) is 0 Å². The second kappa shape index (κ2) is 6.61. The van der Waals surface area contributed by atoms with E-state index in [2.05, 4.69) is 4.98 Å². The molecular formula is C19H13N3O4. The van der Waals surface area contributed by atoms with Crippen LogP contribution in [0.1, 0.15) is 26.3 Å². The third-order valence-corrected chi connectivity index (χ3v) is 4.12. The third kappa shape index (κ3) is 2.96. The van der Waals surface area contributed by atoms with E-state index in [-0.39, 0.29) is 16.8 Å². The van der Waals surface area contributed by atoms with Gasteiger partial charge in [-0.25, -0.2) is 0 Å². The van der Waals surface area contributed by atoms with E-state index < -0.39 is 22.4 Å². The maximum atomic E-state index is 12.8. The standard InChI is InChI=1S/C19H13N3O4/c1-11-2-7-14-16(10-21-17(14)8-11)19(24)15(9-20)18(23)12-3-5-13(6-4-12)22(25)26/h2-8,10,15,21H,1H3. The minimum absolute atomic E-state index is 0.0752. The molecule has 0 spiro atoms. The molecule has 128 valence electrons. The van der Waals surface area contributed by atoms with E-state index in [4.69, 9.17) is 0 Å².